The number of carbonyl (C=O) groups is 1. The highest BCUT2D eigenvalue weighted by molar-refractivity contribution is 5.67. The maximum Gasteiger partial charge on any atom is 0.409 e. The molecule has 6 heteroatoms. The zero-order valence-electron chi connectivity index (χ0n) is 15.3. The van der Waals surface area contributed by atoms with Crippen LogP contribution in [-0.4, -0.2) is 59.0 Å². The lowest BCUT2D eigenvalue weighted by molar-refractivity contribution is 0.0690. The fourth-order valence-corrected chi connectivity index (χ4v) is 4.47. The summed E-state index contributed by atoms with van der Waals surface area (Å²) < 4.78 is 6.82. The summed E-state index contributed by atoms with van der Waals surface area (Å²) in [5, 5.41) is 4.31. The van der Waals surface area contributed by atoms with Crippen LogP contribution in [0.5, 0.6) is 0 Å². The third-order valence-corrected chi connectivity index (χ3v) is 5.70. The molecule has 3 heterocycles. The van der Waals surface area contributed by atoms with E-state index in [4.69, 9.17) is 4.74 Å². The molecule has 4 rings (SSSR count). The minimum atomic E-state index is -0.186. The van der Waals surface area contributed by atoms with Crippen molar-refractivity contribution in [3.63, 3.8) is 0 Å². The van der Waals surface area contributed by atoms with Gasteiger partial charge in [-0.05, 0) is 49.6 Å². The van der Waals surface area contributed by atoms with E-state index in [0.717, 1.165) is 51.3 Å². The number of nitrogens with zero attached hydrogens (tertiary/aromatic N) is 4. The second-order valence-corrected chi connectivity index (χ2v) is 7.58. The largest absolute Gasteiger partial charge is 0.453 e. The molecule has 1 amide bonds. The van der Waals surface area contributed by atoms with Crippen molar-refractivity contribution >= 4 is 6.09 Å². The first-order valence-electron chi connectivity index (χ1n) is 9.32. The molecule has 0 saturated carbocycles. The lowest BCUT2D eigenvalue weighted by Gasteiger charge is -2.39. The van der Waals surface area contributed by atoms with Crippen molar-refractivity contribution in [2.45, 2.75) is 25.8 Å². The minimum Gasteiger partial charge on any atom is -0.453 e. The summed E-state index contributed by atoms with van der Waals surface area (Å²) in [5.41, 5.74) is 2.62. The Labute approximate surface area is 154 Å². The number of amides is 1. The first-order valence-corrected chi connectivity index (χ1v) is 9.32. The van der Waals surface area contributed by atoms with E-state index in [1.807, 2.05) is 21.8 Å². The summed E-state index contributed by atoms with van der Waals surface area (Å²) in [6, 6.07) is 10.5. The number of hydrogen-bond donors (Lipinski definition) is 0. The van der Waals surface area contributed by atoms with E-state index in [-0.39, 0.29) is 11.5 Å². The zero-order chi connectivity index (χ0) is 18.0. The molecule has 0 bridgehead atoms. The number of methoxy groups -OCH3 is 1. The molecule has 1 unspecified atom stereocenters. The summed E-state index contributed by atoms with van der Waals surface area (Å²) in [4.78, 5) is 16.3. The van der Waals surface area contributed by atoms with E-state index in [2.05, 4.69) is 34.3 Å². The standard InChI is InChI=1S/C20H26N4O2/c1-26-19(25)23-10-3-7-20(16-23)8-12-22(15-20)14-17-5-2-6-18(13-17)24-11-4-9-21-24/h2,4-6,9,11,13H,3,7-8,10,12,14-16H2,1H3. The highest BCUT2D eigenvalue weighted by atomic mass is 16.5. The molecular formula is C20H26N4O2. The van der Waals surface area contributed by atoms with Crippen LogP contribution < -0.4 is 0 Å². The molecule has 6 nitrogen and oxygen atoms in total. The van der Waals surface area contributed by atoms with Crippen LogP contribution in [0.15, 0.2) is 42.7 Å². The number of aromatic nitrogens is 2. The van der Waals surface area contributed by atoms with Crippen molar-refractivity contribution in [3.05, 3.63) is 48.3 Å². The summed E-state index contributed by atoms with van der Waals surface area (Å²) in [7, 11) is 1.47. The lowest BCUT2D eigenvalue weighted by atomic mass is 9.79. The minimum absolute atomic E-state index is 0.186. The number of rotatable bonds is 3. The number of ether oxygens (including phenoxy) is 1. The van der Waals surface area contributed by atoms with Gasteiger partial charge in [-0.3, -0.25) is 4.90 Å². The van der Waals surface area contributed by atoms with Crippen LogP contribution in [0.2, 0.25) is 0 Å². The number of piperidine rings is 1. The van der Waals surface area contributed by atoms with Gasteiger partial charge in [-0.15, -0.1) is 0 Å². The first-order chi connectivity index (χ1) is 12.7. The molecule has 0 aliphatic carbocycles. The fourth-order valence-electron chi connectivity index (χ4n) is 4.47. The molecule has 0 radical (unpaired) electrons. The molecule has 2 saturated heterocycles. The van der Waals surface area contributed by atoms with Crippen LogP contribution in [0.1, 0.15) is 24.8 Å². The van der Waals surface area contributed by atoms with Gasteiger partial charge in [-0.25, -0.2) is 9.48 Å². The molecule has 2 aliphatic rings. The Morgan fingerprint density at radius 2 is 2.15 bits per heavy atom. The average molecular weight is 354 g/mol. The molecule has 26 heavy (non-hydrogen) atoms. The van der Waals surface area contributed by atoms with E-state index in [0.29, 0.717) is 0 Å². The highest BCUT2D eigenvalue weighted by Crippen LogP contribution is 2.39. The van der Waals surface area contributed by atoms with Crippen molar-refractivity contribution in [2.75, 3.05) is 33.3 Å². The molecule has 1 spiro atoms. The average Bonchev–Trinajstić information content (AvgIpc) is 3.32. The second-order valence-electron chi connectivity index (χ2n) is 7.58. The monoisotopic (exact) mass is 354 g/mol. The van der Waals surface area contributed by atoms with Gasteiger partial charge in [0.2, 0.25) is 0 Å². The lowest BCUT2D eigenvalue weighted by Crippen LogP contribution is -2.47. The Kier molecular flexibility index (Phi) is 4.68. The van der Waals surface area contributed by atoms with E-state index < -0.39 is 0 Å². The SMILES string of the molecule is COC(=O)N1CCCC2(CCN(Cc3cccc(-n4cccn4)c3)C2)C1. The Balaban J connectivity index is 1.42. The van der Waals surface area contributed by atoms with Gasteiger partial charge in [-0.1, -0.05) is 12.1 Å². The van der Waals surface area contributed by atoms with Gasteiger partial charge in [0, 0.05) is 44.0 Å². The van der Waals surface area contributed by atoms with Crippen LogP contribution in [0.4, 0.5) is 4.79 Å². The van der Waals surface area contributed by atoms with E-state index in [9.17, 15) is 4.79 Å². The van der Waals surface area contributed by atoms with Crippen LogP contribution >= 0.6 is 0 Å². The maximum atomic E-state index is 11.9. The van der Waals surface area contributed by atoms with Gasteiger partial charge >= 0.3 is 6.09 Å². The molecule has 138 valence electrons. The van der Waals surface area contributed by atoms with Crippen molar-refractivity contribution in [1.82, 2.24) is 19.6 Å². The van der Waals surface area contributed by atoms with Crippen LogP contribution in [-0.2, 0) is 11.3 Å². The molecule has 2 aromatic rings. The molecule has 1 aromatic carbocycles. The van der Waals surface area contributed by atoms with Crippen molar-refractivity contribution in [3.8, 4) is 5.69 Å². The Hall–Kier alpha value is -2.34. The number of carbonyl (C=O) groups excluding carboxylic acids is 1. The fraction of sp³-hybridized carbons (Fsp3) is 0.500. The third kappa shape index (κ3) is 3.46. The normalized spacial score (nSPS) is 23.5. The van der Waals surface area contributed by atoms with Crippen molar-refractivity contribution in [2.24, 2.45) is 5.41 Å². The van der Waals surface area contributed by atoms with Gasteiger partial charge in [0.05, 0.1) is 12.8 Å². The summed E-state index contributed by atoms with van der Waals surface area (Å²) in [6.45, 7) is 4.71. The summed E-state index contributed by atoms with van der Waals surface area (Å²) >= 11 is 0. The first kappa shape index (κ1) is 17.1. The van der Waals surface area contributed by atoms with Crippen LogP contribution in [0.3, 0.4) is 0 Å². The van der Waals surface area contributed by atoms with E-state index in [1.54, 1.807) is 6.20 Å². The van der Waals surface area contributed by atoms with Crippen LogP contribution in [0.25, 0.3) is 5.69 Å². The Morgan fingerprint density at radius 1 is 1.23 bits per heavy atom. The van der Waals surface area contributed by atoms with Gasteiger partial charge in [0.1, 0.15) is 0 Å². The predicted molar refractivity (Wildman–Crippen MR) is 99.1 cm³/mol. The molecule has 2 fully saturated rings. The van der Waals surface area contributed by atoms with E-state index >= 15 is 0 Å². The third-order valence-electron chi connectivity index (χ3n) is 5.70. The summed E-state index contributed by atoms with van der Waals surface area (Å²) in [5.74, 6) is 0. The van der Waals surface area contributed by atoms with Crippen molar-refractivity contribution in [1.29, 1.82) is 0 Å². The quantitative estimate of drug-likeness (QED) is 0.850. The zero-order valence-corrected chi connectivity index (χ0v) is 15.3. The number of likely N-dealkylation sites (tertiary alicyclic amines) is 2. The topological polar surface area (TPSA) is 50.6 Å². The smallest absolute Gasteiger partial charge is 0.409 e. The van der Waals surface area contributed by atoms with E-state index in [1.165, 1.54) is 19.1 Å². The Morgan fingerprint density at radius 3 is 2.96 bits per heavy atom. The highest BCUT2D eigenvalue weighted by Gasteiger charge is 2.42. The van der Waals surface area contributed by atoms with Gasteiger partial charge < -0.3 is 9.64 Å². The molecule has 2 aliphatic heterocycles. The van der Waals surface area contributed by atoms with Gasteiger partial charge in [0.25, 0.3) is 0 Å². The Bertz CT molecular complexity index is 761. The number of hydrogen-bond acceptors (Lipinski definition) is 4. The molecular weight excluding hydrogens is 328 g/mol. The maximum absolute atomic E-state index is 11.9. The van der Waals surface area contributed by atoms with Crippen LogP contribution in [0, 0.1) is 5.41 Å². The van der Waals surface area contributed by atoms with Crippen molar-refractivity contribution < 1.29 is 9.53 Å². The number of benzene rings is 1. The second kappa shape index (κ2) is 7.11. The molecule has 1 aromatic heterocycles. The summed E-state index contributed by atoms with van der Waals surface area (Å²) in [6.07, 6.45) is 7.00. The van der Waals surface area contributed by atoms with Gasteiger partial charge in [-0.2, -0.15) is 5.10 Å². The predicted octanol–water partition coefficient (Wildman–Crippen LogP) is 2.93. The van der Waals surface area contributed by atoms with Gasteiger partial charge in [0.15, 0.2) is 0 Å². The molecule has 1 atom stereocenters. The molecule has 0 N–H and O–H groups in total.